The van der Waals surface area contributed by atoms with Crippen molar-refractivity contribution in [3.05, 3.63) is 74.7 Å². The quantitative estimate of drug-likeness (QED) is 0.256. The lowest BCUT2D eigenvalue weighted by Gasteiger charge is -2.19. The number of alkyl carbamates (subject to hydrolysis) is 1. The van der Waals surface area contributed by atoms with Gasteiger partial charge in [0, 0.05) is 28.1 Å². The first-order valence-electron chi connectivity index (χ1n) is 8.17. The summed E-state index contributed by atoms with van der Waals surface area (Å²) in [6, 6.07) is 11.2. The van der Waals surface area contributed by atoms with E-state index in [0.717, 1.165) is 6.08 Å². The fourth-order valence-electron chi connectivity index (χ4n) is 2.32. The summed E-state index contributed by atoms with van der Waals surface area (Å²) in [5.41, 5.74) is 1.95. The number of aromatic hydroxyl groups is 1. The second-order valence-electron chi connectivity index (χ2n) is 5.65. The van der Waals surface area contributed by atoms with Crippen LogP contribution >= 0.6 is 31.9 Å². The number of phenolic OH excluding ortho intramolecular Hbond substituents is 1. The molecule has 1 atom stereocenters. The average Bonchev–Trinajstić information content (AvgIpc) is 2.70. The largest absolute Gasteiger partial charge is 0.506 e. The van der Waals surface area contributed by atoms with E-state index in [0.29, 0.717) is 8.95 Å². The molecule has 29 heavy (non-hydrogen) atoms. The number of imide groups is 1. The summed E-state index contributed by atoms with van der Waals surface area (Å²) >= 11 is 6.49. The smallest absolute Gasteiger partial charge is 0.414 e. The molecule has 0 aliphatic heterocycles. The van der Waals surface area contributed by atoms with E-state index in [1.165, 1.54) is 29.8 Å². The Morgan fingerprint density at radius 3 is 2.48 bits per heavy atom. The minimum atomic E-state index is -1.03. The van der Waals surface area contributed by atoms with Crippen LogP contribution in [-0.4, -0.2) is 28.2 Å². The lowest BCUT2D eigenvalue weighted by Crippen LogP contribution is -2.32. The fourth-order valence-corrected chi connectivity index (χ4v) is 3.58. The number of hydrogen-bond acceptors (Lipinski definition) is 6. The third kappa shape index (κ3) is 6.70. The molecule has 0 spiro atoms. The molecule has 2 aromatic carbocycles. The zero-order valence-electron chi connectivity index (χ0n) is 14.8. The van der Waals surface area contributed by atoms with Crippen LogP contribution < -0.4 is 10.8 Å². The van der Waals surface area contributed by atoms with Gasteiger partial charge in [0.15, 0.2) is 0 Å². The van der Waals surface area contributed by atoms with E-state index < -0.39 is 24.0 Å². The number of hydroxylamine groups is 1. The van der Waals surface area contributed by atoms with Gasteiger partial charge < -0.3 is 9.84 Å². The van der Waals surface area contributed by atoms with Crippen molar-refractivity contribution in [1.82, 2.24) is 10.8 Å². The zero-order chi connectivity index (χ0) is 21.4. The predicted molar refractivity (Wildman–Crippen MR) is 110 cm³/mol. The Labute approximate surface area is 182 Å². The molecule has 8 nitrogen and oxygen atoms in total. The second kappa shape index (κ2) is 10.7. The maximum absolute atomic E-state index is 12.2. The van der Waals surface area contributed by atoms with E-state index in [2.05, 4.69) is 37.2 Å². The molecule has 10 heteroatoms. The first kappa shape index (κ1) is 22.6. The van der Waals surface area contributed by atoms with Crippen molar-refractivity contribution in [1.29, 1.82) is 0 Å². The van der Waals surface area contributed by atoms with Crippen LogP contribution in [0.1, 0.15) is 28.4 Å². The Hall–Kier alpha value is -2.69. The summed E-state index contributed by atoms with van der Waals surface area (Å²) in [4.78, 5) is 35.5. The van der Waals surface area contributed by atoms with Crippen LogP contribution in [0.5, 0.6) is 5.75 Å². The topological polar surface area (TPSA) is 125 Å². The highest BCUT2D eigenvalue weighted by Gasteiger charge is 2.22. The molecule has 0 saturated carbocycles. The number of amides is 3. The van der Waals surface area contributed by atoms with Crippen molar-refractivity contribution in [2.24, 2.45) is 0 Å². The highest BCUT2D eigenvalue weighted by molar-refractivity contribution is 9.11. The lowest BCUT2D eigenvalue weighted by atomic mass is 10.0. The molecule has 0 fully saturated rings. The number of phenols is 1. The normalized spacial score (nSPS) is 11.7. The molecule has 0 heterocycles. The van der Waals surface area contributed by atoms with Crippen molar-refractivity contribution in [3.8, 4) is 5.75 Å². The molecule has 0 aromatic heterocycles. The molecule has 152 valence electrons. The van der Waals surface area contributed by atoms with Crippen LogP contribution in [-0.2, 0) is 9.53 Å². The van der Waals surface area contributed by atoms with Crippen LogP contribution in [0.3, 0.4) is 0 Å². The van der Waals surface area contributed by atoms with Crippen molar-refractivity contribution < 1.29 is 29.4 Å². The second-order valence-corrected chi connectivity index (χ2v) is 7.42. The molecule has 0 radical (unpaired) electrons. The highest BCUT2D eigenvalue weighted by Crippen LogP contribution is 2.38. The van der Waals surface area contributed by atoms with Crippen LogP contribution in [0, 0.1) is 0 Å². The van der Waals surface area contributed by atoms with Gasteiger partial charge in [0.25, 0.3) is 11.8 Å². The SMILES string of the molecule is O=C(/C=C/C[C@@H](OC(=O)NC(=O)c1ccccc1)c1cc(Br)cc(Br)c1O)NO. The number of carbonyl (C=O) groups is 3. The number of rotatable bonds is 6. The Morgan fingerprint density at radius 2 is 1.83 bits per heavy atom. The molecule has 0 aliphatic rings. The predicted octanol–water partition coefficient (Wildman–Crippen LogP) is 3.98. The van der Waals surface area contributed by atoms with Gasteiger partial charge in [-0.3, -0.25) is 20.1 Å². The van der Waals surface area contributed by atoms with Gasteiger partial charge in [0.05, 0.1) is 4.47 Å². The molecular formula is C19H16Br2N2O6. The molecule has 2 aromatic rings. The molecule has 2 rings (SSSR count). The molecule has 0 saturated heterocycles. The average molecular weight is 528 g/mol. The van der Waals surface area contributed by atoms with E-state index in [1.807, 2.05) is 0 Å². The van der Waals surface area contributed by atoms with Crippen molar-refractivity contribution in [2.45, 2.75) is 12.5 Å². The molecular weight excluding hydrogens is 512 g/mol. The number of ether oxygens (including phenoxy) is 1. The standard InChI is InChI=1S/C19H16Br2N2O6/c20-12-9-13(17(25)14(21)10-12)15(7-4-8-16(24)23-28)29-19(27)22-18(26)11-5-2-1-3-6-11/h1-6,8-10,15,25,28H,7H2,(H,23,24)(H,22,26,27)/b8-4+/t15-/m1/s1. The van der Waals surface area contributed by atoms with Gasteiger partial charge in [0.1, 0.15) is 11.9 Å². The van der Waals surface area contributed by atoms with E-state index >= 15 is 0 Å². The molecule has 0 aliphatic carbocycles. The van der Waals surface area contributed by atoms with Crippen LogP contribution in [0.25, 0.3) is 0 Å². The van der Waals surface area contributed by atoms with Gasteiger partial charge in [-0.2, -0.15) is 0 Å². The van der Waals surface area contributed by atoms with Gasteiger partial charge in [-0.25, -0.2) is 10.3 Å². The van der Waals surface area contributed by atoms with Crippen molar-refractivity contribution in [2.75, 3.05) is 0 Å². The Kier molecular flexibility index (Phi) is 8.37. The molecule has 0 unspecified atom stereocenters. The van der Waals surface area contributed by atoms with Gasteiger partial charge >= 0.3 is 6.09 Å². The van der Waals surface area contributed by atoms with Crippen molar-refractivity contribution in [3.63, 3.8) is 0 Å². The van der Waals surface area contributed by atoms with Gasteiger partial charge in [-0.05, 0) is 40.2 Å². The lowest BCUT2D eigenvalue weighted by molar-refractivity contribution is -0.124. The first-order chi connectivity index (χ1) is 13.8. The summed E-state index contributed by atoms with van der Waals surface area (Å²) in [5.74, 6) is -1.59. The maximum atomic E-state index is 12.2. The number of hydrogen-bond donors (Lipinski definition) is 4. The van der Waals surface area contributed by atoms with Crippen LogP contribution in [0.15, 0.2) is 63.6 Å². The van der Waals surface area contributed by atoms with Gasteiger partial charge in [-0.1, -0.05) is 40.2 Å². The van der Waals surface area contributed by atoms with Crippen LogP contribution in [0.4, 0.5) is 4.79 Å². The van der Waals surface area contributed by atoms with E-state index in [9.17, 15) is 19.5 Å². The Balaban J connectivity index is 2.21. The summed E-state index contributed by atoms with van der Waals surface area (Å²) in [6.45, 7) is 0. The molecule has 4 N–H and O–H groups in total. The van der Waals surface area contributed by atoms with Gasteiger partial charge in [-0.15, -0.1) is 0 Å². The maximum Gasteiger partial charge on any atom is 0.414 e. The van der Waals surface area contributed by atoms with Crippen LogP contribution in [0.2, 0.25) is 0 Å². The third-order valence-corrected chi connectivity index (χ3v) is 4.70. The van der Waals surface area contributed by atoms with E-state index in [4.69, 9.17) is 9.94 Å². The van der Waals surface area contributed by atoms with Crippen molar-refractivity contribution >= 4 is 49.8 Å². The summed E-state index contributed by atoms with van der Waals surface area (Å²) in [7, 11) is 0. The minimum Gasteiger partial charge on any atom is -0.506 e. The molecule has 0 bridgehead atoms. The molecule has 3 amide bonds. The first-order valence-corrected chi connectivity index (χ1v) is 9.76. The number of carbonyl (C=O) groups excluding carboxylic acids is 3. The Morgan fingerprint density at radius 1 is 1.14 bits per heavy atom. The third-order valence-electron chi connectivity index (χ3n) is 3.63. The zero-order valence-corrected chi connectivity index (χ0v) is 17.9. The highest BCUT2D eigenvalue weighted by atomic mass is 79.9. The van der Waals surface area contributed by atoms with E-state index in [-0.39, 0.29) is 23.3 Å². The number of benzene rings is 2. The summed E-state index contributed by atoms with van der Waals surface area (Å²) in [5, 5.41) is 21.0. The number of nitrogens with one attached hydrogen (secondary N) is 2. The fraction of sp³-hybridized carbons (Fsp3) is 0.105. The summed E-state index contributed by atoms with van der Waals surface area (Å²) in [6.07, 6.45) is 0.301. The minimum absolute atomic E-state index is 0.0170. The van der Waals surface area contributed by atoms with Gasteiger partial charge in [0.2, 0.25) is 0 Å². The monoisotopic (exact) mass is 526 g/mol. The summed E-state index contributed by atoms with van der Waals surface area (Å²) < 4.78 is 6.27. The number of halogens is 2. The van der Waals surface area contributed by atoms with E-state index in [1.54, 1.807) is 24.3 Å². The Bertz CT molecular complexity index is 934.